The van der Waals surface area contributed by atoms with Gasteiger partial charge >= 0.3 is 5.69 Å². The van der Waals surface area contributed by atoms with Crippen molar-refractivity contribution in [1.82, 2.24) is 9.78 Å². The summed E-state index contributed by atoms with van der Waals surface area (Å²) in [4.78, 5) is 10.7. The second kappa shape index (κ2) is 6.26. The summed E-state index contributed by atoms with van der Waals surface area (Å²) in [5, 5.41) is 16.1. The first-order valence-electron chi connectivity index (χ1n) is 5.44. The lowest BCUT2D eigenvalue weighted by Crippen LogP contribution is -2.02. The maximum atomic E-state index is 11.1. The summed E-state index contributed by atoms with van der Waals surface area (Å²) in [5.41, 5.74) is 0.680. The summed E-state index contributed by atoms with van der Waals surface area (Å²) in [5.74, 6) is 0.556. The van der Waals surface area contributed by atoms with Crippen LogP contribution in [0.1, 0.15) is 26.0 Å². The molecule has 5 nitrogen and oxygen atoms in total. The van der Waals surface area contributed by atoms with E-state index in [2.05, 4.69) is 5.10 Å². The minimum Gasteiger partial charge on any atom is -0.258 e. The lowest BCUT2D eigenvalue weighted by atomic mass is 10.3. The van der Waals surface area contributed by atoms with E-state index in [1.54, 1.807) is 11.7 Å². The van der Waals surface area contributed by atoms with Crippen LogP contribution in [0.15, 0.2) is 5.03 Å². The molecule has 0 saturated heterocycles. The molecular weight excluding hydrogens is 262 g/mol. The number of hydrogen-bond acceptors (Lipinski definition) is 4. The number of rotatable bonds is 6. The number of aryl methyl sites for hydroxylation is 2. The van der Waals surface area contributed by atoms with E-state index in [-0.39, 0.29) is 15.9 Å². The monoisotopic (exact) mass is 277 g/mol. The molecule has 96 valence electrons. The fourth-order valence-electron chi connectivity index (χ4n) is 1.51. The molecule has 1 aromatic rings. The first-order chi connectivity index (χ1) is 8.01. The van der Waals surface area contributed by atoms with Crippen LogP contribution < -0.4 is 0 Å². The minimum absolute atomic E-state index is 0.140. The Balaban J connectivity index is 3.04. The molecule has 1 heterocycles. The van der Waals surface area contributed by atoms with Crippen LogP contribution in [0.2, 0.25) is 0 Å². The van der Waals surface area contributed by atoms with Crippen LogP contribution in [-0.2, 0) is 13.5 Å². The second-order valence-electron chi connectivity index (χ2n) is 3.74. The van der Waals surface area contributed by atoms with E-state index in [1.165, 1.54) is 11.8 Å². The molecule has 0 fully saturated rings. The number of hydrogen-bond donors (Lipinski definition) is 0. The van der Waals surface area contributed by atoms with Gasteiger partial charge in [-0.05, 0) is 12.8 Å². The second-order valence-corrected chi connectivity index (χ2v) is 5.55. The van der Waals surface area contributed by atoms with Crippen molar-refractivity contribution in [2.24, 2.45) is 7.05 Å². The average molecular weight is 278 g/mol. The first-order valence-corrected chi connectivity index (χ1v) is 6.85. The van der Waals surface area contributed by atoms with Gasteiger partial charge < -0.3 is 0 Å². The predicted octanol–water partition coefficient (Wildman–Crippen LogP) is 3.00. The quantitative estimate of drug-likeness (QED) is 0.347. The Morgan fingerprint density at radius 3 is 2.76 bits per heavy atom. The van der Waals surface area contributed by atoms with Crippen LogP contribution in [-0.4, -0.2) is 25.8 Å². The normalized spacial score (nSPS) is 12.7. The molecule has 0 aliphatic rings. The number of alkyl halides is 1. The van der Waals surface area contributed by atoms with E-state index in [4.69, 9.17) is 11.6 Å². The molecule has 17 heavy (non-hydrogen) atoms. The van der Waals surface area contributed by atoms with E-state index in [9.17, 15) is 10.1 Å². The molecule has 0 radical (unpaired) electrons. The van der Waals surface area contributed by atoms with Gasteiger partial charge in [0, 0.05) is 18.2 Å². The van der Waals surface area contributed by atoms with Gasteiger partial charge in [-0.25, -0.2) is 0 Å². The van der Waals surface area contributed by atoms with Crippen molar-refractivity contribution >= 4 is 29.1 Å². The lowest BCUT2D eigenvalue weighted by Gasteiger charge is -2.08. The molecular formula is C10H16ClN3O2S. The molecule has 7 heteroatoms. The van der Waals surface area contributed by atoms with Gasteiger partial charge in [-0.3, -0.25) is 14.8 Å². The van der Waals surface area contributed by atoms with Crippen molar-refractivity contribution in [3.05, 3.63) is 15.8 Å². The van der Waals surface area contributed by atoms with Crippen LogP contribution in [0.3, 0.4) is 0 Å². The Kier molecular flexibility index (Phi) is 5.27. The Labute approximate surface area is 110 Å². The van der Waals surface area contributed by atoms with Gasteiger partial charge in [0.15, 0.2) is 5.03 Å². The van der Waals surface area contributed by atoms with Crippen LogP contribution in [0.25, 0.3) is 0 Å². The molecule has 0 bridgehead atoms. The maximum absolute atomic E-state index is 11.1. The molecule has 1 atom stereocenters. The summed E-state index contributed by atoms with van der Waals surface area (Å²) in [6, 6.07) is 0. The van der Waals surface area contributed by atoms with Gasteiger partial charge in [0.25, 0.3) is 0 Å². The minimum atomic E-state index is -0.346. The number of nitro groups is 1. The highest BCUT2D eigenvalue weighted by Gasteiger charge is 2.26. The molecule has 0 aliphatic carbocycles. The van der Waals surface area contributed by atoms with Crippen molar-refractivity contribution in [2.45, 2.75) is 37.0 Å². The summed E-state index contributed by atoms with van der Waals surface area (Å²) < 4.78 is 1.59. The Bertz CT molecular complexity index is 409. The van der Waals surface area contributed by atoms with Crippen LogP contribution >= 0.6 is 23.4 Å². The van der Waals surface area contributed by atoms with Gasteiger partial charge in [0.2, 0.25) is 0 Å². The number of thioether (sulfide) groups is 1. The zero-order valence-corrected chi connectivity index (χ0v) is 11.7. The van der Waals surface area contributed by atoms with E-state index < -0.39 is 0 Å². The van der Waals surface area contributed by atoms with Gasteiger partial charge in [-0.2, -0.15) is 5.10 Å². The van der Waals surface area contributed by atoms with Crippen molar-refractivity contribution < 1.29 is 4.92 Å². The molecule has 0 aliphatic heterocycles. The van der Waals surface area contributed by atoms with E-state index in [1.807, 2.05) is 13.8 Å². The highest BCUT2D eigenvalue weighted by atomic mass is 35.5. The van der Waals surface area contributed by atoms with Gasteiger partial charge in [0.05, 0.1) is 4.92 Å². The highest BCUT2D eigenvalue weighted by Crippen LogP contribution is 2.35. The molecule has 1 unspecified atom stereocenters. The molecule has 0 saturated carbocycles. The molecule has 1 rings (SSSR count). The third kappa shape index (κ3) is 3.35. The SMILES string of the molecule is CCc1nn(C)c(SC(C)CCCl)c1[N+](=O)[O-]. The predicted molar refractivity (Wildman–Crippen MR) is 69.9 cm³/mol. The van der Waals surface area contributed by atoms with Crippen molar-refractivity contribution in [3.8, 4) is 0 Å². The zero-order valence-electron chi connectivity index (χ0n) is 10.1. The van der Waals surface area contributed by atoms with Gasteiger partial charge in [-0.1, -0.05) is 25.6 Å². The highest BCUT2D eigenvalue weighted by molar-refractivity contribution is 8.00. The van der Waals surface area contributed by atoms with Crippen molar-refractivity contribution in [1.29, 1.82) is 0 Å². The third-order valence-corrected chi connectivity index (χ3v) is 3.92. The van der Waals surface area contributed by atoms with Crippen LogP contribution in [0.4, 0.5) is 5.69 Å². The average Bonchev–Trinajstić information content (AvgIpc) is 2.56. The van der Waals surface area contributed by atoms with E-state index >= 15 is 0 Å². The molecule has 0 spiro atoms. The Morgan fingerprint density at radius 2 is 2.29 bits per heavy atom. The number of halogens is 1. The standard InChI is InChI=1S/C10H16ClN3O2S/c1-4-8-9(14(15)16)10(13(3)12-8)17-7(2)5-6-11/h7H,4-6H2,1-3H3. The summed E-state index contributed by atoms with van der Waals surface area (Å²) in [6.07, 6.45) is 1.38. The van der Waals surface area contributed by atoms with Crippen molar-refractivity contribution in [3.63, 3.8) is 0 Å². The molecule has 1 aromatic heterocycles. The summed E-state index contributed by atoms with van der Waals surface area (Å²) in [7, 11) is 1.74. The summed E-state index contributed by atoms with van der Waals surface area (Å²) in [6.45, 7) is 3.88. The fourth-order valence-corrected chi connectivity index (χ4v) is 3.08. The lowest BCUT2D eigenvalue weighted by molar-refractivity contribution is -0.388. The maximum Gasteiger partial charge on any atom is 0.323 e. The molecule has 0 N–H and O–H groups in total. The first kappa shape index (κ1) is 14.3. The molecule has 0 aromatic carbocycles. The number of nitrogens with zero attached hydrogens (tertiary/aromatic N) is 3. The Morgan fingerprint density at radius 1 is 1.65 bits per heavy atom. The summed E-state index contributed by atoms with van der Waals surface area (Å²) >= 11 is 7.13. The van der Waals surface area contributed by atoms with E-state index in [0.29, 0.717) is 23.0 Å². The fraction of sp³-hybridized carbons (Fsp3) is 0.700. The molecule has 0 amide bonds. The Hall–Kier alpha value is -0.750. The largest absolute Gasteiger partial charge is 0.323 e. The smallest absolute Gasteiger partial charge is 0.258 e. The number of aromatic nitrogens is 2. The van der Waals surface area contributed by atoms with Gasteiger partial charge in [-0.15, -0.1) is 11.6 Å². The third-order valence-electron chi connectivity index (χ3n) is 2.39. The topological polar surface area (TPSA) is 61.0 Å². The zero-order chi connectivity index (χ0) is 13.0. The van der Waals surface area contributed by atoms with Crippen molar-refractivity contribution in [2.75, 3.05) is 5.88 Å². The van der Waals surface area contributed by atoms with Crippen LogP contribution in [0, 0.1) is 10.1 Å². The van der Waals surface area contributed by atoms with Crippen LogP contribution in [0.5, 0.6) is 0 Å². The van der Waals surface area contributed by atoms with E-state index in [0.717, 1.165) is 6.42 Å². The van der Waals surface area contributed by atoms with Gasteiger partial charge in [0.1, 0.15) is 5.69 Å².